The summed E-state index contributed by atoms with van der Waals surface area (Å²) in [5.41, 5.74) is 1.41. The lowest BCUT2D eigenvalue weighted by atomic mass is 9.88. The van der Waals surface area contributed by atoms with Gasteiger partial charge in [0.25, 0.3) is 0 Å². The molecule has 0 aliphatic carbocycles. The van der Waals surface area contributed by atoms with Gasteiger partial charge in [0.15, 0.2) is 11.6 Å². The highest BCUT2D eigenvalue weighted by Gasteiger charge is 2.30. The minimum Gasteiger partial charge on any atom is -0.497 e. The van der Waals surface area contributed by atoms with Gasteiger partial charge in [-0.2, -0.15) is 0 Å². The number of ether oxygens (including phenoxy) is 2. The van der Waals surface area contributed by atoms with E-state index < -0.39 is 0 Å². The molecule has 3 rings (SSSR count). The van der Waals surface area contributed by atoms with Crippen LogP contribution in [0.5, 0.6) is 11.5 Å². The van der Waals surface area contributed by atoms with Crippen molar-refractivity contribution in [3.05, 3.63) is 59.7 Å². The molecule has 2 aromatic carbocycles. The van der Waals surface area contributed by atoms with Gasteiger partial charge in [0.2, 0.25) is 0 Å². The largest absolute Gasteiger partial charge is 0.497 e. The SMILES string of the molecule is COc1ccc(C(=O)C[C@H]2CCC[C@H](CC(=O)c3ccc(OC)cc3)N2C)cc1. The summed E-state index contributed by atoms with van der Waals surface area (Å²) in [6, 6.07) is 14.8. The molecule has 0 N–H and O–H groups in total. The van der Waals surface area contributed by atoms with E-state index in [-0.39, 0.29) is 23.7 Å². The summed E-state index contributed by atoms with van der Waals surface area (Å²) in [7, 11) is 5.26. The van der Waals surface area contributed by atoms with Crippen molar-refractivity contribution in [3.63, 3.8) is 0 Å². The van der Waals surface area contributed by atoms with Gasteiger partial charge in [0.05, 0.1) is 14.2 Å². The Morgan fingerprint density at radius 1 is 0.793 bits per heavy atom. The number of methoxy groups -OCH3 is 2. The highest BCUT2D eigenvalue weighted by Crippen LogP contribution is 2.28. The number of nitrogens with zero attached hydrogens (tertiary/aromatic N) is 1. The predicted octanol–water partition coefficient (Wildman–Crippen LogP) is 4.40. The highest BCUT2D eigenvalue weighted by molar-refractivity contribution is 5.97. The lowest BCUT2D eigenvalue weighted by Gasteiger charge is -2.39. The fourth-order valence-corrected chi connectivity index (χ4v) is 4.00. The average molecular weight is 395 g/mol. The first-order chi connectivity index (χ1) is 14.0. The molecule has 0 unspecified atom stereocenters. The monoisotopic (exact) mass is 395 g/mol. The number of piperidine rings is 1. The summed E-state index contributed by atoms with van der Waals surface area (Å²) in [5.74, 6) is 1.75. The number of carbonyl (C=O) groups is 2. The molecule has 1 fully saturated rings. The van der Waals surface area contributed by atoms with Gasteiger partial charge >= 0.3 is 0 Å². The zero-order valence-corrected chi connectivity index (χ0v) is 17.4. The Morgan fingerprint density at radius 3 is 1.52 bits per heavy atom. The third kappa shape index (κ3) is 5.24. The molecule has 29 heavy (non-hydrogen) atoms. The molecule has 0 aromatic heterocycles. The van der Waals surface area contributed by atoms with Crippen LogP contribution in [0.25, 0.3) is 0 Å². The maximum atomic E-state index is 12.7. The van der Waals surface area contributed by atoms with E-state index in [0.29, 0.717) is 24.0 Å². The molecule has 5 nitrogen and oxygen atoms in total. The minimum atomic E-state index is 0.131. The molecule has 0 spiro atoms. The van der Waals surface area contributed by atoms with Gasteiger partial charge in [-0.1, -0.05) is 6.42 Å². The van der Waals surface area contributed by atoms with E-state index in [1.165, 1.54) is 0 Å². The van der Waals surface area contributed by atoms with Gasteiger partial charge in [-0.25, -0.2) is 0 Å². The van der Waals surface area contributed by atoms with Crippen molar-refractivity contribution in [2.24, 2.45) is 0 Å². The maximum absolute atomic E-state index is 12.7. The molecule has 1 heterocycles. The summed E-state index contributed by atoms with van der Waals surface area (Å²) >= 11 is 0. The van der Waals surface area contributed by atoms with Crippen molar-refractivity contribution in [3.8, 4) is 11.5 Å². The van der Waals surface area contributed by atoms with E-state index in [0.717, 1.165) is 30.8 Å². The number of hydrogen-bond acceptors (Lipinski definition) is 5. The summed E-state index contributed by atoms with van der Waals surface area (Å²) in [6.45, 7) is 0. The van der Waals surface area contributed by atoms with E-state index in [9.17, 15) is 9.59 Å². The molecular formula is C24H29NO4. The topological polar surface area (TPSA) is 55.8 Å². The molecule has 1 aliphatic heterocycles. The predicted molar refractivity (Wildman–Crippen MR) is 113 cm³/mol. The molecule has 0 amide bonds. The number of ketones is 2. The van der Waals surface area contributed by atoms with Gasteiger partial charge in [0.1, 0.15) is 11.5 Å². The van der Waals surface area contributed by atoms with E-state index in [2.05, 4.69) is 4.90 Å². The zero-order valence-electron chi connectivity index (χ0n) is 17.4. The molecule has 154 valence electrons. The lowest BCUT2D eigenvalue weighted by molar-refractivity contribution is 0.0723. The summed E-state index contributed by atoms with van der Waals surface area (Å²) in [5, 5.41) is 0. The van der Waals surface area contributed by atoms with Crippen molar-refractivity contribution < 1.29 is 19.1 Å². The second-order valence-electron chi connectivity index (χ2n) is 7.62. The van der Waals surface area contributed by atoms with E-state index in [1.54, 1.807) is 14.2 Å². The van der Waals surface area contributed by atoms with Crippen molar-refractivity contribution in [2.45, 2.75) is 44.2 Å². The summed E-state index contributed by atoms with van der Waals surface area (Å²) in [4.78, 5) is 27.7. The molecule has 2 atom stereocenters. The van der Waals surface area contributed by atoms with Crippen LogP contribution in [0.4, 0.5) is 0 Å². The van der Waals surface area contributed by atoms with Crippen molar-refractivity contribution in [1.29, 1.82) is 0 Å². The fourth-order valence-electron chi connectivity index (χ4n) is 4.00. The molecule has 0 bridgehead atoms. The third-order valence-corrected chi connectivity index (χ3v) is 5.89. The van der Waals surface area contributed by atoms with Crippen LogP contribution in [0.3, 0.4) is 0 Å². The van der Waals surface area contributed by atoms with Crippen LogP contribution in [0.15, 0.2) is 48.5 Å². The molecule has 1 aliphatic rings. The lowest BCUT2D eigenvalue weighted by Crippen LogP contribution is -2.45. The molecule has 5 heteroatoms. The van der Waals surface area contributed by atoms with Crippen LogP contribution in [0, 0.1) is 0 Å². The summed E-state index contributed by atoms with van der Waals surface area (Å²) in [6.07, 6.45) is 3.93. The first kappa shape index (κ1) is 21.1. The number of Topliss-reactive ketones (excluding diaryl/α,β-unsaturated/α-hetero) is 2. The van der Waals surface area contributed by atoms with Gasteiger partial charge in [-0.15, -0.1) is 0 Å². The Morgan fingerprint density at radius 2 is 1.17 bits per heavy atom. The van der Waals surface area contributed by atoms with Crippen LogP contribution >= 0.6 is 0 Å². The molecule has 1 saturated heterocycles. The quantitative estimate of drug-likeness (QED) is 0.620. The molecule has 0 saturated carbocycles. The Kier molecular flexibility index (Phi) is 7.04. The molecule has 0 radical (unpaired) electrons. The van der Waals surface area contributed by atoms with E-state index in [4.69, 9.17) is 9.47 Å². The van der Waals surface area contributed by atoms with Crippen LogP contribution in [-0.4, -0.2) is 49.8 Å². The van der Waals surface area contributed by atoms with Gasteiger partial charge in [-0.05, 0) is 68.4 Å². The van der Waals surface area contributed by atoms with Gasteiger partial charge in [0, 0.05) is 36.1 Å². The zero-order chi connectivity index (χ0) is 20.8. The Labute approximate surface area is 172 Å². The first-order valence-electron chi connectivity index (χ1n) is 10.1. The second kappa shape index (κ2) is 9.70. The number of benzene rings is 2. The van der Waals surface area contributed by atoms with Crippen molar-refractivity contribution >= 4 is 11.6 Å². The fraction of sp³-hybridized carbons (Fsp3) is 0.417. The maximum Gasteiger partial charge on any atom is 0.164 e. The van der Waals surface area contributed by atoms with Crippen molar-refractivity contribution in [1.82, 2.24) is 4.90 Å². The standard InChI is InChI=1S/C24H29NO4/c1-25-19(15-23(26)17-7-11-21(28-2)12-8-17)5-4-6-20(25)16-24(27)18-9-13-22(29-3)14-10-18/h7-14,19-20H,4-6,15-16H2,1-3H3/t19-,20-/m1/s1. The Hall–Kier alpha value is -2.66. The smallest absolute Gasteiger partial charge is 0.164 e. The molecule has 2 aromatic rings. The first-order valence-corrected chi connectivity index (χ1v) is 10.1. The normalized spacial score (nSPS) is 19.6. The van der Waals surface area contributed by atoms with Crippen LogP contribution in [0.2, 0.25) is 0 Å². The third-order valence-electron chi connectivity index (χ3n) is 5.89. The summed E-state index contributed by atoms with van der Waals surface area (Å²) < 4.78 is 10.3. The van der Waals surface area contributed by atoms with E-state index >= 15 is 0 Å². The van der Waals surface area contributed by atoms with Crippen LogP contribution in [-0.2, 0) is 0 Å². The van der Waals surface area contributed by atoms with Crippen LogP contribution in [0.1, 0.15) is 52.8 Å². The average Bonchev–Trinajstić information content (AvgIpc) is 2.76. The number of rotatable bonds is 8. The highest BCUT2D eigenvalue weighted by atomic mass is 16.5. The Bertz CT molecular complexity index is 759. The number of carbonyl (C=O) groups excluding carboxylic acids is 2. The Balaban J connectivity index is 1.60. The minimum absolute atomic E-state index is 0.131. The number of likely N-dealkylation sites (tertiary alicyclic amines) is 1. The van der Waals surface area contributed by atoms with Crippen molar-refractivity contribution in [2.75, 3.05) is 21.3 Å². The van der Waals surface area contributed by atoms with Gasteiger partial charge in [-0.3, -0.25) is 14.5 Å². The van der Waals surface area contributed by atoms with Crippen LogP contribution < -0.4 is 9.47 Å². The van der Waals surface area contributed by atoms with Gasteiger partial charge < -0.3 is 9.47 Å². The second-order valence-corrected chi connectivity index (χ2v) is 7.62. The number of hydrogen-bond donors (Lipinski definition) is 0. The van der Waals surface area contributed by atoms with E-state index in [1.807, 2.05) is 55.6 Å². The molecular weight excluding hydrogens is 366 g/mol.